The van der Waals surface area contributed by atoms with E-state index in [1.54, 1.807) is 38.6 Å². The summed E-state index contributed by atoms with van der Waals surface area (Å²) >= 11 is 2.19. The predicted molar refractivity (Wildman–Crippen MR) is 136 cm³/mol. The molecule has 5 rings (SSSR count). The monoisotopic (exact) mass is 551 g/mol. The highest BCUT2D eigenvalue weighted by Crippen LogP contribution is 2.32. The molecule has 0 radical (unpaired) electrons. The van der Waals surface area contributed by atoms with Crippen molar-refractivity contribution in [1.29, 1.82) is 0 Å². The molecule has 3 aromatic carbocycles. The Morgan fingerprint density at radius 1 is 0.970 bits per heavy atom. The number of nitrogens with zero attached hydrogens (tertiary/aromatic N) is 3. The number of fused-ring (bicyclic) bond motifs is 2. The van der Waals surface area contributed by atoms with Crippen LogP contribution in [0, 0.1) is 3.57 Å². The first-order valence-electron chi connectivity index (χ1n) is 10.1. The van der Waals surface area contributed by atoms with Crippen molar-refractivity contribution in [1.82, 2.24) is 9.66 Å². The van der Waals surface area contributed by atoms with Crippen LogP contribution < -0.4 is 15.0 Å². The molecule has 0 aliphatic carbocycles. The molecule has 5 aromatic rings. The third-order valence-electron chi connectivity index (χ3n) is 5.21. The zero-order valence-corrected chi connectivity index (χ0v) is 19.9. The summed E-state index contributed by atoms with van der Waals surface area (Å²) in [6.07, 6.45) is 1.62. The van der Waals surface area contributed by atoms with E-state index in [0.29, 0.717) is 33.8 Å². The zero-order valence-electron chi connectivity index (χ0n) is 17.8. The highest BCUT2D eigenvalue weighted by atomic mass is 127. The molecule has 2 heterocycles. The maximum absolute atomic E-state index is 13.4. The number of hydrogen-bond donors (Lipinski definition) is 0. The van der Waals surface area contributed by atoms with Crippen LogP contribution in [0.1, 0.15) is 5.56 Å². The Morgan fingerprint density at radius 2 is 1.79 bits per heavy atom. The van der Waals surface area contributed by atoms with Crippen molar-refractivity contribution in [2.45, 2.75) is 0 Å². The number of benzene rings is 3. The Balaban J connectivity index is 1.71. The summed E-state index contributed by atoms with van der Waals surface area (Å²) in [6, 6.07) is 20.2. The molecule has 0 aliphatic rings. The largest absolute Gasteiger partial charge is 0.496 e. The summed E-state index contributed by atoms with van der Waals surface area (Å²) in [5.74, 6) is 2.16. The number of ether oxygens (including phenoxy) is 2. The Morgan fingerprint density at radius 3 is 2.58 bits per heavy atom. The number of halogens is 1. The molecule has 33 heavy (non-hydrogen) atoms. The molecule has 7 nitrogen and oxygen atoms in total. The Labute approximate surface area is 202 Å². The fourth-order valence-corrected chi connectivity index (χ4v) is 4.36. The lowest BCUT2D eigenvalue weighted by molar-refractivity contribution is 0.412. The molecule has 0 saturated heterocycles. The molecule has 0 saturated carbocycles. The number of methoxy groups -OCH3 is 2. The fourth-order valence-electron chi connectivity index (χ4n) is 3.60. The molecule has 0 bridgehead atoms. The Hall–Kier alpha value is -3.66. The van der Waals surface area contributed by atoms with Gasteiger partial charge in [-0.2, -0.15) is 9.78 Å². The van der Waals surface area contributed by atoms with Crippen molar-refractivity contribution in [3.63, 3.8) is 0 Å². The highest BCUT2D eigenvalue weighted by Gasteiger charge is 2.17. The van der Waals surface area contributed by atoms with Gasteiger partial charge in [0.2, 0.25) is 5.82 Å². The van der Waals surface area contributed by atoms with Gasteiger partial charge >= 0.3 is 0 Å². The maximum Gasteiger partial charge on any atom is 0.282 e. The van der Waals surface area contributed by atoms with E-state index in [9.17, 15) is 4.79 Å². The average molecular weight is 551 g/mol. The molecule has 0 fully saturated rings. The molecular weight excluding hydrogens is 533 g/mol. The third kappa shape index (κ3) is 3.86. The van der Waals surface area contributed by atoms with Gasteiger partial charge in [0.25, 0.3) is 5.56 Å². The maximum atomic E-state index is 13.4. The molecule has 0 atom stereocenters. The van der Waals surface area contributed by atoms with E-state index in [0.717, 1.165) is 20.3 Å². The van der Waals surface area contributed by atoms with Gasteiger partial charge in [-0.3, -0.25) is 4.79 Å². The number of furan rings is 1. The van der Waals surface area contributed by atoms with E-state index >= 15 is 0 Å². The quantitative estimate of drug-likeness (QED) is 0.219. The molecule has 0 N–H and O–H groups in total. The van der Waals surface area contributed by atoms with E-state index in [1.165, 1.54) is 4.68 Å². The Kier molecular flexibility index (Phi) is 5.59. The average Bonchev–Trinajstić information content (AvgIpc) is 3.28. The molecular formula is C25H18IN3O4. The standard InChI is InChI=1S/C25H18IN3O4/c1-31-20-8-5-9-21-17(20)13-23(33-21)24-28-19-7-4-3-6-16(19)25(30)29(24)27-14-15-10-11-22(32-2)18(26)12-15/h3-14H,1-2H3. The van der Waals surface area contributed by atoms with Crippen LogP contribution in [-0.4, -0.2) is 30.1 Å². The summed E-state index contributed by atoms with van der Waals surface area (Å²) in [5.41, 5.74) is 1.72. The Bertz CT molecular complexity index is 1590. The second-order valence-corrected chi connectivity index (χ2v) is 8.35. The summed E-state index contributed by atoms with van der Waals surface area (Å²) in [5, 5.41) is 5.75. The van der Waals surface area contributed by atoms with Crippen molar-refractivity contribution < 1.29 is 13.9 Å². The van der Waals surface area contributed by atoms with Crippen LogP contribution in [0.5, 0.6) is 11.5 Å². The van der Waals surface area contributed by atoms with Gasteiger partial charge in [0, 0.05) is 0 Å². The van der Waals surface area contributed by atoms with E-state index in [-0.39, 0.29) is 5.56 Å². The van der Waals surface area contributed by atoms with Crippen molar-refractivity contribution in [2.75, 3.05) is 14.2 Å². The minimum atomic E-state index is -0.289. The molecule has 0 aliphatic heterocycles. The lowest BCUT2D eigenvalue weighted by Gasteiger charge is -2.07. The smallest absolute Gasteiger partial charge is 0.282 e. The number of hydrogen-bond acceptors (Lipinski definition) is 6. The van der Waals surface area contributed by atoms with Crippen molar-refractivity contribution in [3.05, 3.63) is 86.2 Å². The van der Waals surface area contributed by atoms with Crippen LogP contribution in [0.3, 0.4) is 0 Å². The summed E-state index contributed by atoms with van der Waals surface area (Å²) < 4.78 is 19.0. The second kappa shape index (κ2) is 8.70. The van der Waals surface area contributed by atoms with Gasteiger partial charge in [-0.15, -0.1) is 0 Å². The first kappa shape index (κ1) is 21.2. The number of para-hydroxylation sites is 1. The van der Waals surface area contributed by atoms with Crippen LogP contribution in [-0.2, 0) is 0 Å². The van der Waals surface area contributed by atoms with E-state index in [1.807, 2.05) is 48.5 Å². The highest BCUT2D eigenvalue weighted by molar-refractivity contribution is 14.1. The van der Waals surface area contributed by atoms with Crippen molar-refractivity contribution in [3.8, 4) is 23.1 Å². The number of rotatable bonds is 5. The van der Waals surface area contributed by atoms with Gasteiger partial charge in [0.05, 0.1) is 40.3 Å². The molecule has 164 valence electrons. The molecule has 0 amide bonds. The van der Waals surface area contributed by atoms with Crippen LogP contribution >= 0.6 is 22.6 Å². The molecule has 0 spiro atoms. The minimum absolute atomic E-state index is 0.289. The van der Waals surface area contributed by atoms with Crippen LogP contribution in [0.15, 0.2) is 81.0 Å². The van der Waals surface area contributed by atoms with Gasteiger partial charge in [-0.1, -0.05) is 18.2 Å². The first-order valence-corrected chi connectivity index (χ1v) is 11.1. The number of aromatic nitrogens is 2. The van der Waals surface area contributed by atoms with E-state index in [4.69, 9.17) is 18.9 Å². The van der Waals surface area contributed by atoms with E-state index < -0.39 is 0 Å². The van der Waals surface area contributed by atoms with Crippen LogP contribution in [0.2, 0.25) is 0 Å². The zero-order chi connectivity index (χ0) is 22.9. The van der Waals surface area contributed by atoms with Crippen LogP contribution in [0.25, 0.3) is 33.5 Å². The predicted octanol–water partition coefficient (Wildman–Crippen LogP) is 5.31. The SMILES string of the molecule is COc1ccc(C=Nn2c(-c3cc4c(OC)cccc4o3)nc3ccccc3c2=O)cc1I. The van der Waals surface area contributed by atoms with Gasteiger partial charge in [-0.05, 0) is 76.7 Å². The van der Waals surface area contributed by atoms with Crippen LogP contribution in [0.4, 0.5) is 0 Å². The minimum Gasteiger partial charge on any atom is -0.496 e. The lowest BCUT2D eigenvalue weighted by atomic mass is 10.2. The molecule has 0 unspecified atom stereocenters. The third-order valence-corrected chi connectivity index (χ3v) is 6.06. The fraction of sp³-hybridized carbons (Fsp3) is 0.0800. The van der Waals surface area contributed by atoms with E-state index in [2.05, 4.69) is 27.7 Å². The molecule has 8 heteroatoms. The van der Waals surface area contributed by atoms with Gasteiger partial charge in [0.1, 0.15) is 17.1 Å². The van der Waals surface area contributed by atoms with Gasteiger partial charge in [0.15, 0.2) is 5.76 Å². The van der Waals surface area contributed by atoms with Crippen molar-refractivity contribution >= 4 is 50.7 Å². The second-order valence-electron chi connectivity index (χ2n) is 7.19. The first-order chi connectivity index (χ1) is 16.1. The lowest BCUT2D eigenvalue weighted by Crippen LogP contribution is -2.20. The molecule has 2 aromatic heterocycles. The van der Waals surface area contributed by atoms with Gasteiger partial charge < -0.3 is 13.9 Å². The summed E-state index contributed by atoms with van der Waals surface area (Å²) in [7, 11) is 3.23. The normalized spacial score (nSPS) is 11.5. The van der Waals surface area contributed by atoms with Crippen molar-refractivity contribution in [2.24, 2.45) is 5.10 Å². The summed E-state index contributed by atoms with van der Waals surface area (Å²) in [4.78, 5) is 18.1. The topological polar surface area (TPSA) is 78.8 Å². The summed E-state index contributed by atoms with van der Waals surface area (Å²) in [6.45, 7) is 0. The van der Waals surface area contributed by atoms with Gasteiger partial charge in [-0.25, -0.2) is 4.98 Å².